The van der Waals surface area contributed by atoms with Crippen LogP contribution in [-0.2, 0) is 6.16 Å². The first-order chi connectivity index (χ1) is 8.51. The Kier molecular flexibility index (Phi) is 3.66. The van der Waals surface area contributed by atoms with Gasteiger partial charge in [-0.2, -0.15) is 0 Å². The number of ether oxygens (including phenoxy) is 1. The van der Waals surface area contributed by atoms with Crippen molar-refractivity contribution < 1.29 is 18.9 Å². The molecule has 0 saturated heterocycles. The standard InChI is InChI=1S/C12H13O5P/c1-7-3-9(16-2)5-10-12(7)8(6-18(14)15)4-11(13)17-10/h3-5,14-15H,6H2,1-2H3. The van der Waals surface area contributed by atoms with Crippen LogP contribution < -0.4 is 10.4 Å². The number of benzene rings is 1. The molecule has 2 N–H and O–H groups in total. The summed E-state index contributed by atoms with van der Waals surface area (Å²) in [6, 6.07) is 4.72. The number of hydrogen-bond acceptors (Lipinski definition) is 5. The van der Waals surface area contributed by atoms with Gasteiger partial charge in [0.05, 0.1) is 7.11 Å². The Morgan fingerprint density at radius 1 is 1.33 bits per heavy atom. The van der Waals surface area contributed by atoms with Crippen molar-refractivity contribution in [2.75, 3.05) is 7.11 Å². The van der Waals surface area contributed by atoms with E-state index >= 15 is 0 Å². The molecule has 0 radical (unpaired) electrons. The maximum atomic E-state index is 11.4. The lowest BCUT2D eigenvalue weighted by molar-refractivity contribution is 0.413. The highest BCUT2D eigenvalue weighted by Crippen LogP contribution is 2.34. The normalized spacial score (nSPS) is 11.2. The van der Waals surface area contributed by atoms with E-state index in [0.29, 0.717) is 16.9 Å². The van der Waals surface area contributed by atoms with Crippen molar-refractivity contribution in [3.05, 3.63) is 39.7 Å². The second-order valence-electron chi connectivity index (χ2n) is 3.94. The molecule has 2 rings (SSSR count). The van der Waals surface area contributed by atoms with E-state index in [-0.39, 0.29) is 6.16 Å². The molecule has 6 heteroatoms. The average molecular weight is 268 g/mol. The molecule has 96 valence electrons. The maximum absolute atomic E-state index is 11.4. The second kappa shape index (κ2) is 5.06. The van der Waals surface area contributed by atoms with Gasteiger partial charge in [0.25, 0.3) is 0 Å². The van der Waals surface area contributed by atoms with Crippen molar-refractivity contribution in [2.24, 2.45) is 0 Å². The summed E-state index contributed by atoms with van der Waals surface area (Å²) in [4.78, 5) is 29.7. The van der Waals surface area contributed by atoms with E-state index in [4.69, 9.17) is 18.9 Å². The molecule has 0 aliphatic carbocycles. The summed E-state index contributed by atoms with van der Waals surface area (Å²) in [5, 5.41) is 0.728. The first kappa shape index (κ1) is 13.0. The maximum Gasteiger partial charge on any atom is 0.336 e. The first-order valence-corrected chi connectivity index (χ1v) is 6.71. The van der Waals surface area contributed by atoms with Gasteiger partial charge in [-0.15, -0.1) is 0 Å². The molecule has 18 heavy (non-hydrogen) atoms. The van der Waals surface area contributed by atoms with Crippen LogP contribution in [-0.4, -0.2) is 16.9 Å². The summed E-state index contributed by atoms with van der Waals surface area (Å²) in [5.41, 5.74) is 1.32. The zero-order chi connectivity index (χ0) is 13.3. The van der Waals surface area contributed by atoms with Crippen LogP contribution in [0.1, 0.15) is 11.1 Å². The van der Waals surface area contributed by atoms with Crippen LogP contribution in [0.25, 0.3) is 11.0 Å². The Labute approximate surface area is 105 Å². The van der Waals surface area contributed by atoms with Crippen molar-refractivity contribution in [1.82, 2.24) is 0 Å². The lowest BCUT2D eigenvalue weighted by Gasteiger charge is -2.10. The van der Waals surface area contributed by atoms with Crippen LogP contribution in [0.2, 0.25) is 0 Å². The van der Waals surface area contributed by atoms with Crippen LogP contribution in [0.5, 0.6) is 5.75 Å². The van der Waals surface area contributed by atoms with Gasteiger partial charge in [0.1, 0.15) is 11.3 Å². The van der Waals surface area contributed by atoms with E-state index in [1.54, 1.807) is 6.07 Å². The van der Waals surface area contributed by atoms with Gasteiger partial charge >= 0.3 is 5.63 Å². The largest absolute Gasteiger partial charge is 0.497 e. The second-order valence-corrected chi connectivity index (χ2v) is 5.00. The molecule has 0 unspecified atom stereocenters. The Bertz CT molecular complexity index is 632. The summed E-state index contributed by atoms with van der Waals surface area (Å²) in [5.74, 6) is 0.593. The third kappa shape index (κ3) is 2.53. The van der Waals surface area contributed by atoms with E-state index in [2.05, 4.69) is 0 Å². The predicted molar refractivity (Wildman–Crippen MR) is 68.8 cm³/mol. The molecule has 0 saturated carbocycles. The minimum Gasteiger partial charge on any atom is -0.497 e. The van der Waals surface area contributed by atoms with Crippen LogP contribution in [0.4, 0.5) is 0 Å². The quantitative estimate of drug-likeness (QED) is 0.656. The summed E-state index contributed by atoms with van der Waals surface area (Å²) in [6.07, 6.45) is 0.0462. The fourth-order valence-corrected chi connectivity index (χ4v) is 2.52. The SMILES string of the molecule is COc1cc(C)c2c(CP(O)O)cc(=O)oc2c1. The molecule has 0 bridgehead atoms. The Balaban J connectivity index is 2.74. The molecule has 0 atom stereocenters. The molecule has 1 aromatic heterocycles. The highest BCUT2D eigenvalue weighted by atomic mass is 31.2. The van der Waals surface area contributed by atoms with Gasteiger partial charge in [-0.3, -0.25) is 0 Å². The Hall–Kier alpha value is -1.42. The van der Waals surface area contributed by atoms with Gasteiger partial charge in [-0.05, 0) is 24.1 Å². The molecule has 0 spiro atoms. The summed E-state index contributed by atoms with van der Waals surface area (Å²) >= 11 is 0. The molecule has 1 aromatic carbocycles. The smallest absolute Gasteiger partial charge is 0.336 e. The van der Waals surface area contributed by atoms with E-state index in [9.17, 15) is 4.79 Å². The van der Waals surface area contributed by atoms with Gasteiger partial charge in [0, 0.05) is 23.7 Å². The zero-order valence-corrected chi connectivity index (χ0v) is 10.9. The number of aryl methyl sites for hydroxylation is 1. The van der Waals surface area contributed by atoms with Crippen LogP contribution in [0.3, 0.4) is 0 Å². The third-order valence-corrected chi connectivity index (χ3v) is 3.27. The van der Waals surface area contributed by atoms with E-state index in [1.807, 2.05) is 13.0 Å². The van der Waals surface area contributed by atoms with Gasteiger partial charge in [-0.25, -0.2) is 4.79 Å². The van der Waals surface area contributed by atoms with Gasteiger partial charge in [0.2, 0.25) is 0 Å². The molecule has 5 nitrogen and oxygen atoms in total. The van der Waals surface area contributed by atoms with Gasteiger partial charge in [0.15, 0.2) is 8.38 Å². The third-order valence-electron chi connectivity index (χ3n) is 2.64. The Morgan fingerprint density at radius 3 is 2.67 bits per heavy atom. The van der Waals surface area contributed by atoms with Crippen LogP contribution in [0, 0.1) is 6.92 Å². The summed E-state index contributed by atoms with van der Waals surface area (Å²) in [7, 11) is -0.567. The minimum absolute atomic E-state index is 0.0462. The first-order valence-electron chi connectivity index (χ1n) is 5.28. The summed E-state index contributed by atoms with van der Waals surface area (Å²) < 4.78 is 10.2. The minimum atomic E-state index is -2.10. The van der Waals surface area contributed by atoms with Crippen LogP contribution in [0.15, 0.2) is 27.4 Å². The van der Waals surface area contributed by atoms with E-state index in [1.165, 1.54) is 13.2 Å². The molecule has 0 aliphatic rings. The Morgan fingerprint density at radius 2 is 2.06 bits per heavy atom. The predicted octanol–water partition coefficient (Wildman–Crippen LogP) is 1.91. The van der Waals surface area contributed by atoms with Crippen molar-refractivity contribution in [3.63, 3.8) is 0 Å². The van der Waals surface area contributed by atoms with Crippen molar-refractivity contribution in [1.29, 1.82) is 0 Å². The van der Waals surface area contributed by atoms with E-state index in [0.717, 1.165) is 10.9 Å². The molecule has 1 heterocycles. The number of hydrogen-bond donors (Lipinski definition) is 2. The molecule has 0 amide bonds. The lowest BCUT2D eigenvalue weighted by atomic mass is 10.1. The van der Waals surface area contributed by atoms with Crippen molar-refractivity contribution in [2.45, 2.75) is 13.1 Å². The number of fused-ring (bicyclic) bond motifs is 1. The van der Waals surface area contributed by atoms with Gasteiger partial charge in [-0.1, -0.05) is 0 Å². The molecule has 0 aliphatic heterocycles. The van der Waals surface area contributed by atoms with Crippen molar-refractivity contribution >= 4 is 19.3 Å². The van der Waals surface area contributed by atoms with Crippen molar-refractivity contribution in [3.8, 4) is 5.75 Å². The molecule has 0 fully saturated rings. The number of methoxy groups -OCH3 is 1. The molecular formula is C12H13O5P. The highest BCUT2D eigenvalue weighted by molar-refractivity contribution is 7.44. The molecular weight excluding hydrogens is 255 g/mol. The highest BCUT2D eigenvalue weighted by Gasteiger charge is 2.12. The fraction of sp³-hybridized carbons (Fsp3) is 0.250. The summed E-state index contributed by atoms with van der Waals surface area (Å²) in [6.45, 7) is 1.85. The fourth-order valence-electron chi connectivity index (χ4n) is 1.96. The monoisotopic (exact) mass is 268 g/mol. The topological polar surface area (TPSA) is 79.9 Å². The van der Waals surface area contributed by atoms with Gasteiger partial charge < -0.3 is 18.9 Å². The zero-order valence-electron chi connectivity index (χ0n) is 10.0. The van der Waals surface area contributed by atoms with Crippen LogP contribution >= 0.6 is 8.38 Å². The number of rotatable bonds is 3. The van der Waals surface area contributed by atoms with E-state index < -0.39 is 14.0 Å². The average Bonchev–Trinajstić information content (AvgIpc) is 2.26. The lowest BCUT2D eigenvalue weighted by Crippen LogP contribution is -2.02. The molecule has 2 aromatic rings.